The van der Waals surface area contributed by atoms with Crippen molar-refractivity contribution in [1.29, 1.82) is 0 Å². The van der Waals surface area contributed by atoms with Crippen molar-refractivity contribution in [3.8, 4) is 0 Å². The molecule has 0 unspecified atom stereocenters. The third kappa shape index (κ3) is 5.87. The summed E-state index contributed by atoms with van der Waals surface area (Å²) in [6.45, 7) is 12.4. The molecule has 0 radical (unpaired) electrons. The van der Waals surface area contributed by atoms with Gasteiger partial charge in [-0.3, -0.25) is 0 Å². The van der Waals surface area contributed by atoms with Gasteiger partial charge in [-0.1, -0.05) is 20.8 Å². The third-order valence-electron chi connectivity index (χ3n) is 3.46. The molecule has 102 valence electrons. The smallest absolute Gasteiger partial charge is 0.0579 e. The first kappa shape index (κ1) is 15.0. The molecule has 1 aliphatic carbocycles. The van der Waals surface area contributed by atoms with E-state index < -0.39 is 0 Å². The van der Waals surface area contributed by atoms with Crippen LogP contribution in [-0.2, 0) is 4.74 Å². The number of rotatable bonds is 4. The standard InChI is InChI=1S/C15H31NO/c1-12(2)17-14-9-7-13(8-10-14)16(6)11-15(3,4)5/h12-14H,7-11H2,1-6H3/t13-,14-. The largest absolute Gasteiger partial charge is 0.376 e. The maximum Gasteiger partial charge on any atom is 0.0579 e. The third-order valence-corrected chi connectivity index (χ3v) is 3.46. The van der Waals surface area contributed by atoms with Crippen LogP contribution in [0.4, 0.5) is 0 Å². The number of nitrogens with zero attached hydrogens (tertiary/aromatic N) is 1. The van der Waals surface area contributed by atoms with Crippen LogP contribution < -0.4 is 0 Å². The summed E-state index contributed by atoms with van der Waals surface area (Å²) in [6.07, 6.45) is 5.95. The van der Waals surface area contributed by atoms with Gasteiger partial charge in [-0.25, -0.2) is 0 Å². The molecule has 0 spiro atoms. The Kier molecular flexibility index (Phi) is 5.46. The maximum absolute atomic E-state index is 5.90. The highest BCUT2D eigenvalue weighted by Gasteiger charge is 2.26. The Morgan fingerprint density at radius 3 is 2.06 bits per heavy atom. The SMILES string of the molecule is CC(C)O[C@H]1CC[C@H](N(C)CC(C)(C)C)CC1. The molecular formula is C15H31NO. The second-order valence-corrected chi connectivity index (χ2v) is 7.09. The predicted molar refractivity (Wildman–Crippen MR) is 74.4 cm³/mol. The van der Waals surface area contributed by atoms with Gasteiger partial charge < -0.3 is 9.64 Å². The first-order valence-electron chi connectivity index (χ1n) is 7.13. The van der Waals surface area contributed by atoms with Crippen LogP contribution in [0.3, 0.4) is 0 Å². The summed E-state index contributed by atoms with van der Waals surface area (Å²) >= 11 is 0. The van der Waals surface area contributed by atoms with E-state index in [-0.39, 0.29) is 0 Å². The minimum Gasteiger partial charge on any atom is -0.376 e. The molecule has 0 bridgehead atoms. The van der Waals surface area contributed by atoms with Gasteiger partial charge in [-0.2, -0.15) is 0 Å². The molecule has 0 aliphatic heterocycles. The lowest BCUT2D eigenvalue weighted by Crippen LogP contribution is -2.41. The molecule has 2 heteroatoms. The first-order chi connectivity index (χ1) is 7.78. The maximum atomic E-state index is 5.90. The van der Waals surface area contributed by atoms with E-state index in [1.807, 2.05) is 0 Å². The van der Waals surface area contributed by atoms with Crippen molar-refractivity contribution in [3.63, 3.8) is 0 Å². The predicted octanol–water partition coefficient (Wildman–Crippen LogP) is 3.70. The van der Waals surface area contributed by atoms with E-state index >= 15 is 0 Å². The molecule has 1 saturated carbocycles. The average molecular weight is 241 g/mol. The molecule has 0 heterocycles. The van der Waals surface area contributed by atoms with Crippen molar-refractivity contribution in [2.75, 3.05) is 13.6 Å². The van der Waals surface area contributed by atoms with Crippen molar-refractivity contribution >= 4 is 0 Å². The van der Waals surface area contributed by atoms with Crippen LogP contribution >= 0.6 is 0 Å². The molecule has 2 nitrogen and oxygen atoms in total. The van der Waals surface area contributed by atoms with E-state index in [4.69, 9.17) is 4.74 Å². The van der Waals surface area contributed by atoms with Gasteiger partial charge in [0.2, 0.25) is 0 Å². The van der Waals surface area contributed by atoms with Gasteiger partial charge >= 0.3 is 0 Å². The lowest BCUT2D eigenvalue weighted by atomic mass is 9.89. The average Bonchev–Trinajstić information content (AvgIpc) is 2.15. The highest BCUT2D eigenvalue weighted by molar-refractivity contribution is 4.81. The second-order valence-electron chi connectivity index (χ2n) is 7.09. The summed E-state index contributed by atoms with van der Waals surface area (Å²) in [6, 6.07) is 0.765. The van der Waals surface area contributed by atoms with Crippen molar-refractivity contribution in [1.82, 2.24) is 4.90 Å². The molecule has 0 aromatic rings. The van der Waals surface area contributed by atoms with Crippen LogP contribution in [0.5, 0.6) is 0 Å². The van der Waals surface area contributed by atoms with Gasteiger partial charge in [0.15, 0.2) is 0 Å². The zero-order valence-corrected chi connectivity index (χ0v) is 12.6. The fourth-order valence-electron chi connectivity index (χ4n) is 2.88. The van der Waals surface area contributed by atoms with Crippen molar-refractivity contribution in [2.45, 2.75) is 78.6 Å². The zero-order valence-electron chi connectivity index (χ0n) is 12.6. The highest BCUT2D eigenvalue weighted by atomic mass is 16.5. The Bertz CT molecular complexity index is 211. The lowest BCUT2D eigenvalue weighted by Gasteiger charge is -2.38. The Hall–Kier alpha value is -0.0800. The van der Waals surface area contributed by atoms with Gasteiger partial charge in [-0.05, 0) is 52.0 Å². The second kappa shape index (κ2) is 6.19. The summed E-state index contributed by atoms with van der Waals surface area (Å²) in [5, 5.41) is 0. The van der Waals surface area contributed by atoms with Crippen LogP contribution in [0.25, 0.3) is 0 Å². The molecule has 0 aromatic heterocycles. The minimum absolute atomic E-state index is 0.379. The van der Waals surface area contributed by atoms with Gasteiger partial charge in [-0.15, -0.1) is 0 Å². The highest BCUT2D eigenvalue weighted by Crippen LogP contribution is 2.27. The van der Waals surface area contributed by atoms with Crippen molar-refractivity contribution < 1.29 is 4.74 Å². The Labute approximate surface area is 108 Å². The van der Waals surface area contributed by atoms with Crippen LogP contribution in [0.15, 0.2) is 0 Å². The molecule has 0 aromatic carbocycles. The van der Waals surface area contributed by atoms with E-state index in [1.54, 1.807) is 0 Å². The number of ether oxygens (including phenoxy) is 1. The number of hydrogen-bond donors (Lipinski definition) is 0. The van der Waals surface area contributed by atoms with E-state index in [1.165, 1.54) is 32.2 Å². The Morgan fingerprint density at radius 2 is 1.65 bits per heavy atom. The molecule has 1 aliphatic rings. The van der Waals surface area contributed by atoms with Gasteiger partial charge in [0, 0.05) is 12.6 Å². The van der Waals surface area contributed by atoms with Gasteiger partial charge in [0.25, 0.3) is 0 Å². The van der Waals surface area contributed by atoms with E-state index in [2.05, 4.69) is 46.6 Å². The van der Waals surface area contributed by atoms with Gasteiger partial charge in [0.1, 0.15) is 0 Å². The lowest BCUT2D eigenvalue weighted by molar-refractivity contribution is -0.0260. The Balaban J connectivity index is 2.31. The summed E-state index contributed by atoms with van der Waals surface area (Å²) in [7, 11) is 2.28. The van der Waals surface area contributed by atoms with Crippen LogP contribution in [-0.4, -0.2) is 36.7 Å². The van der Waals surface area contributed by atoms with Gasteiger partial charge in [0.05, 0.1) is 12.2 Å². The normalized spacial score (nSPS) is 26.8. The summed E-state index contributed by atoms with van der Waals surface area (Å²) in [5.74, 6) is 0. The summed E-state index contributed by atoms with van der Waals surface area (Å²) in [5.41, 5.74) is 0.403. The molecule has 17 heavy (non-hydrogen) atoms. The topological polar surface area (TPSA) is 12.5 Å². The first-order valence-corrected chi connectivity index (χ1v) is 7.13. The minimum atomic E-state index is 0.379. The summed E-state index contributed by atoms with van der Waals surface area (Å²) in [4.78, 5) is 2.55. The molecule has 1 fully saturated rings. The molecule has 0 N–H and O–H groups in total. The van der Waals surface area contributed by atoms with Crippen molar-refractivity contribution in [3.05, 3.63) is 0 Å². The molecule has 0 amide bonds. The zero-order chi connectivity index (χ0) is 13.1. The number of hydrogen-bond acceptors (Lipinski definition) is 2. The van der Waals surface area contributed by atoms with E-state index in [9.17, 15) is 0 Å². The van der Waals surface area contributed by atoms with Crippen LogP contribution in [0.2, 0.25) is 0 Å². The monoisotopic (exact) mass is 241 g/mol. The molecule has 0 saturated heterocycles. The van der Waals surface area contributed by atoms with Crippen LogP contribution in [0, 0.1) is 5.41 Å². The van der Waals surface area contributed by atoms with E-state index in [0.29, 0.717) is 17.6 Å². The quantitative estimate of drug-likeness (QED) is 0.744. The van der Waals surface area contributed by atoms with Crippen molar-refractivity contribution in [2.24, 2.45) is 5.41 Å². The molecule has 1 rings (SSSR count). The summed E-state index contributed by atoms with van der Waals surface area (Å²) < 4.78 is 5.90. The fourth-order valence-corrected chi connectivity index (χ4v) is 2.88. The molecular weight excluding hydrogens is 210 g/mol. The van der Waals surface area contributed by atoms with Crippen LogP contribution in [0.1, 0.15) is 60.3 Å². The Morgan fingerprint density at radius 1 is 1.12 bits per heavy atom. The fraction of sp³-hybridized carbons (Fsp3) is 1.00. The van der Waals surface area contributed by atoms with E-state index in [0.717, 1.165) is 6.04 Å². The molecule has 0 atom stereocenters.